The van der Waals surface area contributed by atoms with Crippen LogP contribution in [0.1, 0.15) is 120 Å². The first-order valence-corrected chi connectivity index (χ1v) is 19.9. The van der Waals surface area contributed by atoms with E-state index in [1.54, 1.807) is 0 Å². The second kappa shape index (κ2) is 15.8. The van der Waals surface area contributed by atoms with Crippen LogP contribution in [-0.4, -0.2) is 19.3 Å². The molecule has 0 saturated heterocycles. The summed E-state index contributed by atoms with van der Waals surface area (Å²) in [5.41, 5.74) is 13.8. The van der Waals surface area contributed by atoms with E-state index < -0.39 is 0 Å². The second-order valence-corrected chi connectivity index (χ2v) is 17.7. The summed E-state index contributed by atoms with van der Waals surface area (Å²) in [4.78, 5) is 4.85. The first kappa shape index (κ1) is 41.1. The van der Waals surface area contributed by atoms with Crippen molar-refractivity contribution in [3.63, 3.8) is 0 Å². The minimum Gasteiger partial charge on any atom is -0.509 e. The molecule has 0 bridgehead atoms. The quantitative estimate of drug-likeness (QED) is 0.107. The molecule has 7 aromatic rings. The summed E-state index contributed by atoms with van der Waals surface area (Å²) in [6, 6.07) is 33.3. The second-order valence-electron chi connectivity index (χ2n) is 17.7. The molecule has 0 spiro atoms. The molecule has 5 nitrogen and oxygen atoms in total. The summed E-state index contributed by atoms with van der Waals surface area (Å²) in [6.45, 7) is 27.1. The summed E-state index contributed by atoms with van der Waals surface area (Å²) in [6.07, 6.45) is 5.26. The standard InChI is InChI=1S/C50H56N4O.Pd/c1-13-14-17-35-22-23-51-46(26-35)53-44-19-16-15-18-40(44)41-21-20-38(30-45(41)53)55-39-28-36(31(2)3)27-37(29-39)54-34(6)47(33(5)52-54)48-42(49(7,8)9)24-32(4)25-43(48)50(10,11)12;/h15-16,18-28,31H,13-14,17H2,1-12H3;/q-2;+2. The maximum atomic E-state index is 6.72. The van der Waals surface area contributed by atoms with Crippen molar-refractivity contribution in [2.24, 2.45) is 0 Å². The number of aryl methyl sites for hydroxylation is 3. The van der Waals surface area contributed by atoms with Crippen molar-refractivity contribution in [3.05, 3.63) is 130 Å². The van der Waals surface area contributed by atoms with Gasteiger partial charge in [-0.2, -0.15) is 11.2 Å². The summed E-state index contributed by atoms with van der Waals surface area (Å²) in [5.74, 6) is 2.42. The molecule has 0 aliphatic heterocycles. The van der Waals surface area contributed by atoms with Gasteiger partial charge in [0.25, 0.3) is 0 Å². The predicted molar refractivity (Wildman–Crippen MR) is 230 cm³/mol. The van der Waals surface area contributed by atoms with E-state index in [2.05, 4.69) is 171 Å². The molecule has 3 aromatic heterocycles. The van der Waals surface area contributed by atoms with Crippen molar-refractivity contribution >= 4 is 21.8 Å². The minimum atomic E-state index is -0.0513. The normalized spacial score (nSPS) is 12.2. The number of hydrogen-bond donors (Lipinski definition) is 0. The third-order valence-electron chi connectivity index (χ3n) is 10.8. The zero-order chi connectivity index (χ0) is 39.4. The zero-order valence-electron chi connectivity index (χ0n) is 35.2. The van der Waals surface area contributed by atoms with E-state index in [-0.39, 0.29) is 37.2 Å². The molecule has 0 N–H and O–H groups in total. The molecule has 292 valence electrons. The van der Waals surface area contributed by atoms with Gasteiger partial charge in [-0.3, -0.25) is 4.68 Å². The molecule has 7 rings (SSSR count). The Morgan fingerprint density at radius 3 is 2.12 bits per heavy atom. The monoisotopic (exact) mass is 834 g/mol. The van der Waals surface area contributed by atoms with Gasteiger partial charge in [0.1, 0.15) is 5.82 Å². The molecule has 0 radical (unpaired) electrons. The van der Waals surface area contributed by atoms with E-state index in [4.69, 9.17) is 14.8 Å². The van der Waals surface area contributed by atoms with Gasteiger partial charge >= 0.3 is 20.4 Å². The fraction of sp³-hybridized carbons (Fsp3) is 0.360. The number of hydrogen-bond acceptors (Lipinski definition) is 3. The van der Waals surface area contributed by atoms with E-state index in [0.29, 0.717) is 11.5 Å². The van der Waals surface area contributed by atoms with Gasteiger partial charge in [0, 0.05) is 34.5 Å². The number of benzene rings is 4. The average molecular weight is 835 g/mol. The first-order chi connectivity index (χ1) is 26.0. The fourth-order valence-corrected chi connectivity index (χ4v) is 7.94. The molecule has 56 heavy (non-hydrogen) atoms. The van der Waals surface area contributed by atoms with E-state index in [0.717, 1.165) is 69.5 Å². The van der Waals surface area contributed by atoms with Crippen molar-refractivity contribution in [1.29, 1.82) is 0 Å². The minimum absolute atomic E-state index is 0. The Labute approximate surface area is 348 Å². The number of rotatable bonds is 9. The molecule has 0 fully saturated rings. The summed E-state index contributed by atoms with van der Waals surface area (Å²) < 4.78 is 11.0. The number of nitrogens with zero attached hydrogens (tertiary/aromatic N) is 4. The van der Waals surface area contributed by atoms with Crippen molar-refractivity contribution in [1.82, 2.24) is 19.3 Å². The summed E-state index contributed by atoms with van der Waals surface area (Å²) in [5, 5.41) is 7.49. The zero-order valence-corrected chi connectivity index (χ0v) is 36.8. The van der Waals surface area contributed by atoms with Gasteiger partial charge in [-0.15, -0.1) is 41.3 Å². The van der Waals surface area contributed by atoms with Crippen molar-refractivity contribution in [2.45, 2.75) is 119 Å². The molecule has 0 amide bonds. The van der Waals surface area contributed by atoms with Crippen molar-refractivity contribution in [3.8, 4) is 34.1 Å². The van der Waals surface area contributed by atoms with Crippen LogP contribution in [0.2, 0.25) is 0 Å². The van der Waals surface area contributed by atoms with E-state index in [9.17, 15) is 0 Å². The number of fused-ring (bicyclic) bond motifs is 3. The van der Waals surface area contributed by atoms with Gasteiger partial charge in [0.15, 0.2) is 0 Å². The molecule has 4 aromatic carbocycles. The van der Waals surface area contributed by atoms with E-state index in [1.165, 1.54) is 33.4 Å². The van der Waals surface area contributed by atoms with Gasteiger partial charge in [0.2, 0.25) is 0 Å². The van der Waals surface area contributed by atoms with Crippen LogP contribution in [0.5, 0.6) is 11.5 Å². The molecule has 0 aliphatic carbocycles. The predicted octanol–water partition coefficient (Wildman–Crippen LogP) is 13.4. The Hall–Kier alpha value is -4.50. The Morgan fingerprint density at radius 1 is 0.768 bits per heavy atom. The van der Waals surface area contributed by atoms with Crippen molar-refractivity contribution < 1.29 is 25.2 Å². The van der Waals surface area contributed by atoms with Crippen LogP contribution < -0.4 is 4.74 Å². The SMILES string of the molecule is CCCCc1ccnc(-n2c3[c-]c(Oc4[c-]c(-n5nc(C)c(-c6c(C(C)(C)C)cc(C)cc6C(C)(C)C)c5C)cc(C(C)C)c4)ccc3c3ccccc32)c1.[Pd+2]. The van der Waals surface area contributed by atoms with Crippen LogP contribution in [0.25, 0.3) is 44.4 Å². The van der Waals surface area contributed by atoms with Crippen LogP contribution >= 0.6 is 0 Å². The maximum absolute atomic E-state index is 6.72. The Morgan fingerprint density at radius 2 is 1.46 bits per heavy atom. The Kier molecular flexibility index (Phi) is 11.6. The molecule has 3 heterocycles. The van der Waals surface area contributed by atoms with Gasteiger partial charge in [0.05, 0.1) is 5.69 Å². The number of aromatic nitrogens is 4. The van der Waals surface area contributed by atoms with Gasteiger partial charge in [-0.1, -0.05) is 110 Å². The van der Waals surface area contributed by atoms with E-state index in [1.807, 2.05) is 12.3 Å². The Bertz CT molecular complexity index is 2500. The largest absolute Gasteiger partial charge is 2.00 e. The molecule has 0 saturated carbocycles. The van der Waals surface area contributed by atoms with Crippen LogP contribution in [0, 0.1) is 32.9 Å². The first-order valence-electron chi connectivity index (χ1n) is 19.9. The van der Waals surface area contributed by atoms with Gasteiger partial charge in [-0.05, 0) is 102 Å². The summed E-state index contributed by atoms with van der Waals surface area (Å²) >= 11 is 0. The number of ether oxygens (including phenoxy) is 1. The summed E-state index contributed by atoms with van der Waals surface area (Å²) in [7, 11) is 0. The molecular weight excluding hydrogens is 779 g/mol. The van der Waals surface area contributed by atoms with Gasteiger partial charge in [-0.25, -0.2) is 4.98 Å². The van der Waals surface area contributed by atoms with Crippen LogP contribution in [-0.2, 0) is 37.7 Å². The van der Waals surface area contributed by atoms with Crippen molar-refractivity contribution in [2.75, 3.05) is 0 Å². The van der Waals surface area contributed by atoms with Crippen LogP contribution in [0.3, 0.4) is 0 Å². The van der Waals surface area contributed by atoms with Gasteiger partial charge < -0.3 is 9.30 Å². The topological polar surface area (TPSA) is 44.9 Å². The molecule has 0 atom stereocenters. The average Bonchev–Trinajstić information content (AvgIpc) is 3.62. The smallest absolute Gasteiger partial charge is 0.509 e. The number of pyridine rings is 1. The van der Waals surface area contributed by atoms with E-state index >= 15 is 0 Å². The van der Waals surface area contributed by atoms with Crippen LogP contribution in [0.15, 0.2) is 79.0 Å². The third-order valence-corrected chi connectivity index (χ3v) is 10.8. The fourth-order valence-electron chi connectivity index (χ4n) is 7.94. The maximum Gasteiger partial charge on any atom is 2.00 e. The molecule has 0 aliphatic rings. The van der Waals surface area contributed by atoms with Crippen LogP contribution in [0.4, 0.5) is 0 Å². The molecule has 6 heteroatoms. The number of unbranched alkanes of at least 4 members (excludes halogenated alkanes) is 1. The number of para-hydroxylation sites is 1. The third kappa shape index (κ3) is 7.89. The molecule has 0 unspecified atom stereocenters. The molecular formula is C50H56N4OPd. The Balaban J connectivity index is 0.00000532.